The van der Waals surface area contributed by atoms with Gasteiger partial charge in [0, 0.05) is 13.1 Å². The Labute approximate surface area is 99.8 Å². The highest BCUT2D eigenvalue weighted by Gasteiger charge is 2.24. The van der Waals surface area contributed by atoms with Crippen molar-refractivity contribution in [2.75, 3.05) is 13.1 Å². The van der Waals surface area contributed by atoms with E-state index in [0.717, 1.165) is 36.5 Å². The molecule has 0 unspecified atom stereocenters. The molecule has 0 N–H and O–H groups in total. The van der Waals surface area contributed by atoms with E-state index in [1.54, 1.807) is 0 Å². The molecule has 2 heterocycles. The van der Waals surface area contributed by atoms with Crippen molar-refractivity contribution >= 4 is 17.4 Å². The summed E-state index contributed by atoms with van der Waals surface area (Å²) in [5.74, 6) is 0.390. The Morgan fingerprint density at radius 2 is 2.00 bits per heavy atom. The first-order chi connectivity index (χ1) is 7.70. The van der Waals surface area contributed by atoms with Gasteiger partial charge in [-0.1, -0.05) is 18.3 Å². The van der Waals surface area contributed by atoms with Gasteiger partial charge in [0.2, 0.25) is 0 Å². The van der Waals surface area contributed by atoms with Crippen molar-refractivity contribution in [2.45, 2.75) is 39.0 Å². The van der Waals surface area contributed by atoms with Gasteiger partial charge in [-0.3, -0.25) is 4.79 Å². The van der Waals surface area contributed by atoms with Gasteiger partial charge in [-0.15, -0.1) is 5.10 Å². The molecule has 1 aliphatic heterocycles. The molecule has 1 saturated heterocycles. The molecular formula is C11H17N3OS. The van der Waals surface area contributed by atoms with Crippen LogP contribution < -0.4 is 0 Å². The largest absolute Gasteiger partial charge is 0.338 e. The fourth-order valence-electron chi connectivity index (χ4n) is 1.96. The Hall–Kier alpha value is -0.970. The fourth-order valence-corrected chi connectivity index (χ4v) is 2.75. The number of likely N-dealkylation sites (tertiary alicyclic amines) is 1. The van der Waals surface area contributed by atoms with E-state index in [1.807, 2.05) is 18.7 Å². The van der Waals surface area contributed by atoms with Gasteiger partial charge in [0.1, 0.15) is 4.88 Å². The number of piperidine rings is 1. The summed E-state index contributed by atoms with van der Waals surface area (Å²) in [5, 5.41) is 4.05. The van der Waals surface area contributed by atoms with Crippen molar-refractivity contribution in [2.24, 2.45) is 0 Å². The van der Waals surface area contributed by atoms with E-state index in [0.29, 0.717) is 0 Å². The molecule has 0 bridgehead atoms. The second-order valence-corrected chi connectivity index (χ2v) is 5.25. The molecule has 2 rings (SSSR count). The van der Waals surface area contributed by atoms with Crippen LogP contribution in [0.25, 0.3) is 0 Å². The molecule has 1 aromatic rings. The lowest BCUT2D eigenvalue weighted by Crippen LogP contribution is -2.35. The molecule has 16 heavy (non-hydrogen) atoms. The number of aromatic nitrogens is 2. The molecule has 5 heteroatoms. The SMILES string of the molecule is CC(C)c1nnsc1C(=O)N1CCCCC1. The number of rotatable bonds is 2. The van der Waals surface area contributed by atoms with Gasteiger partial charge >= 0.3 is 0 Å². The van der Waals surface area contributed by atoms with Crippen LogP contribution in [-0.2, 0) is 0 Å². The van der Waals surface area contributed by atoms with Gasteiger partial charge in [-0.2, -0.15) is 0 Å². The zero-order valence-electron chi connectivity index (χ0n) is 9.77. The van der Waals surface area contributed by atoms with Crippen LogP contribution in [0.1, 0.15) is 54.4 Å². The van der Waals surface area contributed by atoms with Gasteiger partial charge < -0.3 is 4.90 Å². The zero-order valence-corrected chi connectivity index (χ0v) is 10.6. The monoisotopic (exact) mass is 239 g/mol. The summed E-state index contributed by atoms with van der Waals surface area (Å²) in [7, 11) is 0. The van der Waals surface area contributed by atoms with E-state index in [1.165, 1.54) is 18.0 Å². The smallest absolute Gasteiger partial charge is 0.267 e. The molecule has 1 fully saturated rings. The van der Waals surface area contributed by atoms with Crippen LogP contribution in [0.3, 0.4) is 0 Å². The maximum atomic E-state index is 12.2. The highest BCUT2D eigenvalue weighted by molar-refractivity contribution is 7.08. The maximum absolute atomic E-state index is 12.2. The average molecular weight is 239 g/mol. The number of amides is 1. The van der Waals surface area contributed by atoms with Crippen LogP contribution in [0.4, 0.5) is 0 Å². The minimum atomic E-state index is 0.124. The van der Waals surface area contributed by atoms with E-state index in [9.17, 15) is 4.79 Å². The van der Waals surface area contributed by atoms with Crippen LogP contribution in [0.15, 0.2) is 0 Å². The first-order valence-corrected chi connectivity index (χ1v) is 6.59. The second kappa shape index (κ2) is 4.91. The molecule has 4 nitrogen and oxygen atoms in total. The van der Waals surface area contributed by atoms with Crippen molar-refractivity contribution in [3.63, 3.8) is 0 Å². The Morgan fingerprint density at radius 1 is 1.31 bits per heavy atom. The van der Waals surface area contributed by atoms with Crippen LogP contribution in [-0.4, -0.2) is 33.5 Å². The van der Waals surface area contributed by atoms with E-state index in [4.69, 9.17) is 0 Å². The van der Waals surface area contributed by atoms with Crippen LogP contribution in [0, 0.1) is 0 Å². The molecule has 0 aliphatic carbocycles. The summed E-state index contributed by atoms with van der Waals surface area (Å²) < 4.78 is 3.90. The summed E-state index contributed by atoms with van der Waals surface area (Å²) in [6, 6.07) is 0. The predicted octanol–water partition coefficient (Wildman–Crippen LogP) is 2.29. The molecule has 0 saturated carbocycles. The fraction of sp³-hybridized carbons (Fsp3) is 0.727. The van der Waals surface area contributed by atoms with Crippen LogP contribution in [0.5, 0.6) is 0 Å². The highest BCUT2D eigenvalue weighted by atomic mass is 32.1. The summed E-state index contributed by atoms with van der Waals surface area (Å²) in [6.07, 6.45) is 3.48. The van der Waals surface area contributed by atoms with E-state index in [2.05, 4.69) is 9.59 Å². The molecule has 0 spiro atoms. The van der Waals surface area contributed by atoms with E-state index < -0.39 is 0 Å². The number of carbonyl (C=O) groups excluding carboxylic acids is 1. The summed E-state index contributed by atoms with van der Waals surface area (Å²) in [6.45, 7) is 5.86. The van der Waals surface area contributed by atoms with E-state index in [-0.39, 0.29) is 11.8 Å². The molecule has 1 aromatic heterocycles. The van der Waals surface area contributed by atoms with Crippen molar-refractivity contribution < 1.29 is 4.79 Å². The van der Waals surface area contributed by atoms with Crippen LogP contribution >= 0.6 is 11.5 Å². The standard InChI is InChI=1S/C11H17N3OS/c1-8(2)9-10(16-13-12-9)11(15)14-6-4-3-5-7-14/h8H,3-7H2,1-2H3. The minimum absolute atomic E-state index is 0.124. The predicted molar refractivity (Wildman–Crippen MR) is 63.8 cm³/mol. The van der Waals surface area contributed by atoms with Crippen molar-refractivity contribution in [3.8, 4) is 0 Å². The van der Waals surface area contributed by atoms with Gasteiger partial charge in [-0.25, -0.2) is 0 Å². The molecule has 88 valence electrons. The topological polar surface area (TPSA) is 46.1 Å². The molecule has 0 atom stereocenters. The Morgan fingerprint density at radius 3 is 2.62 bits per heavy atom. The lowest BCUT2D eigenvalue weighted by atomic mass is 10.1. The van der Waals surface area contributed by atoms with Gasteiger partial charge in [0.15, 0.2) is 0 Å². The summed E-state index contributed by atoms with van der Waals surface area (Å²) in [4.78, 5) is 14.9. The second-order valence-electron chi connectivity index (χ2n) is 4.49. The highest BCUT2D eigenvalue weighted by Crippen LogP contribution is 2.22. The Bertz CT molecular complexity index is 369. The average Bonchev–Trinajstić information content (AvgIpc) is 2.78. The molecule has 1 aliphatic rings. The van der Waals surface area contributed by atoms with Crippen molar-refractivity contribution in [1.82, 2.24) is 14.5 Å². The third kappa shape index (κ3) is 2.24. The molecule has 1 amide bonds. The lowest BCUT2D eigenvalue weighted by molar-refractivity contribution is 0.0727. The van der Waals surface area contributed by atoms with Gasteiger partial charge in [0.05, 0.1) is 5.69 Å². The Balaban J connectivity index is 2.16. The van der Waals surface area contributed by atoms with Crippen LogP contribution in [0.2, 0.25) is 0 Å². The quantitative estimate of drug-likeness (QED) is 0.795. The summed E-state index contributed by atoms with van der Waals surface area (Å²) >= 11 is 1.23. The normalized spacial score (nSPS) is 16.8. The zero-order chi connectivity index (χ0) is 11.5. The first kappa shape index (κ1) is 11.5. The van der Waals surface area contributed by atoms with E-state index >= 15 is 0 Å². The lowest BCUT2D eigenvalue weighted by Gasteiger charge is -2.26. The van der Waals surface area contributed by atoms with Crippen molar-refractivity contribution in [3.05, 3.63) is 10.6 Å². The number of carbonyl (C=O) groups is 1. The number of hydrogen-bond donors (Lipinski definition) is 0. The molecular weight excluding hydrogens is 222 g/mol. The minimum Gasteiger partial charge on any atom is -0.338 e. The number of hydrogen-bond acceptors (Lipinski definition) is 4. The third-order valence-electron chi connectivity index (χ3n) is 2.90. The van der Waals surface area contributed by atoms with Crippen molar-refractivity contribution in [1.29, 1.82) is 0 Å². The maximum Gasteiger partial charge on any atom is 0.267 e. The molecule has 0 aromatic carbocycles. The summed E-state index contributed by atoms with van der Waals surface area (Å²) in [5.41, 5.74) is 0.848. The van der Waals surface area contributed by atoms with Gasteiger partial charge in [-0.05, 0) is 36.7 Å². The van der Waals surface area contributed by atoms with Gasteiger partial charge in [0.25, 0.3) is 5.91 Å². The molecule has 0 radical (unpaired) electrons. The Kier molecular flexibility index (Phi) is 3.53. The first-order valence-electron chi connectivity index (χ1n) is 5.81. The third-order valence-corrected chi connectivity index (χ3v) is 3.63. The number of nitrogens with zero attached hydrogens (tertiary/aromatic N) is 3.